The van der Waals surface area contributed by atoms with Crippen molar-refractivity contribution in [2.24, 2.45) is 0 Å². The van der Waals surface area contributed by atoms with Crippen LogP contribution in [0.5, 0.6) is 0 Å². The van der Waals surface area contributed by atoms with E-state index in [0.29, 0.717) is 0 Å². The summed E-state index contributed by atoms with van der Waals surface area (Å²) in [6.45, 7) is 2.06. The van der Waals surface area contributed by atoms with Crippen LogP contribution in [-0.4, -0.2) is 8.58 Å². The van der Waals surface area contributed by atoms with E-state index >= 15 is 0 Å². The molecule has 1 aromatic carbocycles. The summed E-state index contributed by atoms with van der Waals surface area (Å²) in [5.41, 5.74) is 3.38. The molecule has 0 N–H and O–H groups in total. The minimum absolute atomic E-state index is 1.03. The SMILES string of the molecule is Cc1ccc2c(c1)ncn2Br. The van der Waals surface area contributed by atoms with Gasteiger partial charge in [-0.05, 0) is 24.6 Å². The van der Waals surface area contributed by atoms with Crippen LogP contribution in [0, 0.1) is 6.92 Å². The van der Waals surface area contributed by atoms with Gasteiger partial charge >= 0.3 is 0 Å². The highest BCUT2D eigenvalue weighted by molar-refractivity contribution is 9.08. The molecule has 2 rings (SSSR count). The molecule has 1 aromatic heterocycles. The standard InChI is InChI=1S/C8H7BrN2/c1-6-2-3-8-7(4-6)10-5-11(8)9/h2-5H,1H3. The number of aryl methyl sites for hydroxylation is 1. The zero-order valence-electron chi connectivity index (χ0n) is 6.08. The number of nitrogens with zero attached hydrogens (tertiary/aromatic N) is 2. The first kappa shape index (κ1) is 6.85. The van der Waals surface area contributed by atoms with E-state index < -0.39 is 0 Å². The average molecular weight is 211 g/mol. The van der Waals surface area contributed by atoms with Crippen LogP contribution in [0.25, 0.3) is 11.0 Å². The Balaban J connectivity index is 2.86. The molecular weight excluding hydrogens is 204 g/mol. The van der Waals surface area contributed by atoms with Crippen LogP contribution in [-0.2, 0) is 0 Å². The lowest BCUT2D eigenvalue weighted by Crippen LogP contribution is -1.75. The van der Waals surface area contributed by atoms with Crippen molar-refractivity contribution < 1.29 is 0 Å². The molecular formula is C8H7BrN2. The third-order valence-corrected chi connectivity index (χ3v) is 2.22. The second kappa shape index (κ2) is 2.34. The van der Waals surface area contributed by atoms with Crippen LogP contribution in [0.15, 0.2) is 24.5 Å². The van der Waals surface area contributed by atoms with Crippen molar-refractivity contribution in [3.05, 3.63) is 30.1 Å². The van der Waals surface area contributed by atoms with E-state index in [9.17, 15) is 0 Å². The Morgan fingerprint density at radius 1 is 1.45 bits per heavy atom. The Hall–Kier alpha value is -0.830. The van der Waals surface area contributed by atoms with Crippen LogP contribution >= 0.6 is 16.1 Å². The van der Waals surface area contributed by atoms with Gasteiger partial charge in [0.05, 0.1) is 27.2 Å². The Morgan fingerprint density at radius 3 is 3.09 bits per heavy atom. The quantitative estimate of drug-likeness (QED) is 0.654. The molecule has 0 atom stereocenters. The van der Waals surface area contributed by atoms with E-state index in [1.807, 2.05) is 9.66 Å². The van der Waals surface area contributed by atoms with Gasteiger partial charge in [-0.15, -0.1) is 0 Å². The first-order valence-corrected chi connectivity index (χ1v) is 4.08. The largest absolute Gasteiger partial charge is 0.265 e. The molecule has 3 heteroatoms. The van der Waals surface area contributed by atoms with E-state index in [2.05, 4.69) is 40.2 Å². The summed E-state index contributed by atoms with van der Waals surface area (Å²) in [5.74, 6) is 0. The zero-order valence-corrected chi connectivity index (χ0v) is 7.67. The van der Waals surface area contributed by atoms with Crippen LogP contribution < -0.4 is 0 Å². The molecule has 0 unspecified atom stereocenters. The molecule has 1 heterocycles. The van der Waals surface area contributed by atoms with Crippen molar-refractivity contribution in [2.75, 3.05) is 0 Å². The van der Waals surface area contributed by atoms with Gasteiger partial charge in [0.15, 0.2) is 0 Å². The van der Waals surface area contributed by atoms with Gasteiger partial charge in [0.1, 0.15) is 6.33 Å². The van der Waals surface area contributed by atoms with E-state index in [1.165, 1.54) is 5.56 Å². The molecule has 0 saturated heterocycles. The maximum atomic E-state index is 4.20. The van der Waals surface area contributed by atoms with Crippen LogP contribution in [0.1, 0.15) is 5.56 Å². The minimum atomic E-state index is 1.03. The fraction of sp³-hybridized carbons (Fsp3) is 0.125. The van der Waals surface area contributed by atoms with E-state index in [4.69, 9.17) is 0 Å². The summed E-state index contributed by atoms with van der Waals surface area (Å²) in [7, 11) is 0. The second-order valence-corrected chi connectivity index (χ2v) is 3.31. The lowest BCUT2D eigenvalue weighted by molar-refractivity contribution is 1.29. The fourth-order valence-corrected chi connectivity index (χ4v) is 1.48. The molecule has 0 spiro atoms. The van der Waals surface area contributed by atoms with Gasteiger partial charge < -0.3 is 0 Å². The van der Waals surface area contributed by atoms with Crippen LogP contribution in [0.2, 0.25) is 0 Å². The van der Waals surface area contributed by atoms with E-state index in [-0.39, 0.29) is 0 Å². The van der Waals surface area contributed by atoms with Gasteiger partial charge in [-0.3, -0.25) is 3.59 Å². The Labute approximate surface area is 73.2 Å². The minimum Gasteiger partial charge on any atom is -0.265 e. The maximum absolute atomic E-state index is 4.20. The first-order valence-electron chi connectivity index (χ1n) is 3.37. The number of halogens is 1. The topological polar surface area (TPSA) is 17.8 Å². The monoisotopic (exact) mass is 210 g/mol. The predicted molar refractivity (Wildman–Crippen MR) is 48.8 cm³/mol. The van der Waals surface area contributed by atoms with Crippen molar-refractivity contribution in [3.8, 4) is 0 Å². The molecule has 0 bridgehead atoms. The molecule has 11 heavy (non-hydrogen) atoms. The highest BCUT2D eigenvalue weighted by Gasteiger charge is 1.98. The van der Waals surface area contributed by atoms with E-state index in [1.54, 1.807) is 6.33 Å². The maximum Gasteiger partial charge on any atom is 0.106 e. The van der Waals surface area contributed by atoms with Gasteiger partial charge in [-0.2, -0.15) is 0 Å². The van der Waals surface area contributed by atoms with Gasteiger partial charge in [-0.25, -0.2) is 4.98 Å². The lowest BCUT2D eigenvalue weighted by Gasteiger charge is -1.92. The molecule has 0 radical (unpaired) electrons. The number of hydrogen-bond donors (Lipinski definition) is 0. The van der Waals surface area contributed by atoms with Crippen molar-refractivity contribution in [1.82, 2.24) is 8.58 Å². The van der Waals surface area contributed by atoms with E-state index in [0.717, 1.165) is 11.0 Å². The summed E-state index contributed by atoms with van der Waals surface area (Å²) in [5, 5.41) is 0. The number of benzene rings is 1. The predicted octanol–water partition coefficient (Wildman–Crippen LogP) is 2.50. The van der Waals surface area contributed by atoms with Crippen molar-refractivity contribution in [1.29, 1.82) is 0 Å². The highest BCUT2D eigenvalue weighted by atomic mass is 79.9. The third kappa shape index (κ3) is 1.05. The smallest absolute Gasteiger partial charge is 0.106 e. The summed E-state index contributed by atoms with van der Waals surface area (Å²) in [6.07, 6.45) is 1.75. The summed E-state index contributed by atoms with van der Waals surface area (Å²) in [6, 6.07) is 6.18. The Bertz CT molecular complexity index is 392. The van der Waals surface area contributed by atoms with Gasteiger partial charge in [0.2, 0.25) is 0 Å². The van der Waals surface area contributed by atoms with Crippen molar-refractivity contribution in [2.45, 2.75) is 6.92 Å². The second-order valence-electron chi connectivity index (χ2n) is 2.55. The molecule has 0 fully saturated rings. The lowest BCUT2D eigenvalue weighted by atomic mass is 10.2. The molecule has 2 aromatic rings. The molecule has 2 nitrogen and oxygen atoms in total. The third-order valence-electron chi connectivity index (χ3n) is 1.66. The average Bonchev–Trinajstić information content (AvgIpc) is 2.32. The Kier molecular flexibility index (Phi) is 1.46. The first-order chi connectivity index (χ1) is 5.27. The number of imidazole rings is 1. The summed E-state index contributed by atoms with van der Waals surface area (Å²) in [4.78, 5) is 4.20. The van der Waals surface area contributed by atoms with Gasteiger partial charge in [0, 0.05) is 0 Å². The number of hydrogen-bond acceptors (Lipinski definition) is 1. The number of rotatable bonds is 0. The van der Waals surface area contributed by atoms with Crippen LogP contribution in [0.4, 0.5) is 0 Å². The summed E-state index contributed by atoms with van der Waals surface area (Å²) < 4.78 is 1.84. The molecule has 0 aliphatic carbocycles. The molecule has 56 valence electrons. The normalized spacial score (nSPS) is 10.7. The fourth-order valence-electron chi connectivity index (χ4n) is 1.09. The molecule has 0 aliphatic rings. The summed E-state index contributed by atoms with van der Waals surface area (Å²) >= 11 is 3.35. The zero-order chi connectivity index (χ0) is 7.84. The van der Waals surface area contributed by atoms with Gasteiger partial charge in [0.25, 0.3) is 0 Å². The molecule has 0 aliphatic heterocycles. The van der Waals surface area contributed by atoms with Crippen molar-refractivity contribution in [3.63, 3.8) is 0 Å². The van der Waals surface area contributed by atoms with Crippen molar-refractivity contribution >= 4 is 27.2 Å². The van der Waals surface area contributed by atoms with Gasteiger partial charge in [-0.1, -0.05) is 6.07 Å². The Morgan fingerprint density at radius 2 is 2.27 bits per heavy atom. The molecule has 0 saturated carbocycles. The number of aromatic nitrogens is 2. The highest BCUT2D eigenvalue weighted by Crippen LogP contribution is 2.15. The molecule has 0 amide bonds. The number of fused-ring (bicyclic) bond motifs is 1. The van der Waals surface area contributed by atoms with Crippen LogP contribution in [0.3, 0.4) is 0 Å².